The molecule has 0 bridgehead atoms. The SMILES string of the molecule is c1ccc(-c2c(-c3cccc4oc5ccccc5c34)cccc2N(c2ccc3ccccc3c2)c2ccccc2-c2cccc3c2oc2ccccc23)cc1. The Hall–Kier alpha value is -7.36. The summed E-state index contributed by atoms with van der Waals surface area (Å²) in [5.74, 6) is 0. The van der Waals surface area contributed by atoms with Gasteiger partial charge >= 0.3 is 0 Å². The molecule has 0 spiro atoms. The van der Waals surface area contributed by atoms with Crippen molar-refractivity contribution in [2.45, 2.75) is 0 Å². The van der Waals surface area contributed by atoms with E-state index < -0.39 is 0 Å². The van der Waals surface area contributed by atoms with Gasteiger partial charge in [-0.1, -0.05) is 158 Å². The lowest BCUT2D eigenvalue weighted by atomic mass is 9.89. The molecule has 0 N–H and O–H groups in total. The fourth-order valence-corrected chi connectivity index (χ4v) is 8.44. The summed E-state index contributed by atoms with van der Waals surface area (Å²) in [7, 11) is 0. The third-order valence-electron chi connectivity index (χ3n) is 10.9. The first-order valence-electron chi connectivity index (χ1n) is 18.7. The number of rotatable bonds is 6. The molecule has 258 valence electrons. The molecule has 0 aliphatic carbocycles. The average molecular weight is 704 g/mol. The van der Waals surface area contributed by atoms with Crippen LogP contribution in [0.2, 0.25) is 0 Å². The zero-order valence-electron chi connectivity index (χ0n) is 29.8. The molecule has 55 heavy (non-hydrogen) atoms. The van der Waals surface area contributed by atoms with E-state index in [4.69, 9.17) is 8.83 Å². The van der Waals surface area contributed by atoms with Gasteiger partial charge in [0.15, 0.2) is 0 Å². The molecule has 9 aromatic carbocycles. The van der Waals surface area contributed by atoms with Crippen LogP contribution < -0.4 is 4.90 Å². The van der Waals surface area contributed by atoms with Crippen LogP contribution in [-0.2, 0) is 0 Å². The molecular weight excluding hydrogens is 671 g/mol. The Balaban J connectivity index is 1.24. The molecule has 3 nitrogen and oxygen atoms in total. The minimum absolute atomic E-state index is 0.874. The van der Waals surface area contributed by atoms with Crippen LogP contribution in [0.4, 0.5) is 17.1 Å². The number of nitrogens with zero attached hydrogens (tertiary/aromatic N) is 1. The van der Waals surface area contributed by atoms with Crippen LogP contribution in [0.1, 0.15) is 0 Å². The second-order valence-corrected chi connectivity index (χ2v) is 14.0. The van der Waals surface area contributed by atoms with Crippen LogP contribution in [0.15, 0.2) is 209 Å². The first-order chi connectivity index (χ1) is 27.3. The standard InChI is InChI=1S/C52H33NO2/c1-2-16-35(17-3-1)50-40(41-23-14-30-49-51(41)44-21-8-11-29-48(44)54-49)22-13-27-46(50)53(37-32-31-34-15-4-5-18-36(34)33-37)45-26-9-6-19-38(45)42-24-12-25-43-39-20-7-10-28-47(39)55-52(42)43/h1-33H. The maximum atomic E-state index is 6.65. The molecule has 11 aromatic rings. The maximum Gasteiger partial charge on any atom is 0.143 e. The molecule has 0 saturated heterocycles. The van der Waals surface area contributed by atoms with Crippen LogP contribution >= 0.6 is 0 Å². The highest BCUT2D eigenvalue weighted by atomic mass is 16.3. The highest BCUT2D eigenvalue weighted by Gasteiger charge is 2.25. The van der Waals surface area contributed by atoms with Crippen molar-refractivity contribution in [2.75, 3.05) is 4.90 Å². The molecule has 0 fully saturated rings. The summed E-state index contributed by atoms with van der Waals surface area (Å²) in [6.45, 7) is 0. The van der Waals surface area contributed by atoms with Crippen molar-refractivity contribution in [1.29, 1.82) is 0 Å². The normalized spacial score (nSPS) is 11.6. The zero-order chi connectivity index (χ0) is 36.3. The van der Waals surface area contributed by atoms with Crippen LogP contribution in [-0.4, -0.2) is 0 Å². The van der Waals surface area contributed by atoms with Gasteiger partial charge in [0.25, 0.3) is 0 Å². The fraction of sp³-hybridized carbons (Fsp3) is 0. The van der Waals surface area contributed by atoms with Gasteiger partial charge in [0.2, 0.25) is 0 Å². The maximum absolute atomic E-state index is 6.65. The molecule has 11 rings (SSSR count). The van der Waals surface area contributed by atoms with Gasteiger partial charge in [-0.3, -0.25) is 0 Å². The van der Waals surface area contributed by atoms with Crippen LogP contribution in [0.3, 0.4) is 0 Å². The Labute approximate surface area is 317 Å². The van der Waals surface area contributed by atoms with Gasteiger partial charge in [-0.25, -0.2) is 0 Å². The number of fused-ring (bicyclic) bond motifs is 7. The minimum atomic E-state index is 0.874. The summed E-state index contributed by atoms with van der Waals surface area (Å²) < 4.78 is 13.1. The van der Waals surface area contributed by atoms with E-state index in [1.165, 1.54) is 10.8 Å². The highest BCUT2D eigenvalue weighted by Crippen LogP contribution is 2.50. The molecule has 0 atom stereocenters. The van der Waals surface area contributed by atoms with Crippen molar-refractivity contribution in [3.8, 4) is 33.4 Å². The highest BCUT2D eigenvalue weighted by molar-refractivity contribution is 6.15. The third kappa shape index (κ3) is 5.05. The lowest BCUT2D eigenvalue weighted by Gasteiger charge is -2.31. The summed E-state index contributed by atoms with van der Waals surface area (Å²) in [6.07, 6.45) is 0. The van der Waals surface area contributed by atoms with E-state index in [-0.39, 0.29) is 0 Å². The lowest BCUT2D eigenvalue weighted by Crippen LogP contribution is -2.13. The Morgan fingerprint density at radius 1 is 0.345 bits per heavy atom. The number of hydrogen-bond acceptors (Lipinski definition) is 3. The molecule has 0 amide bonds. The largest absolute Gasteiger partial charge is 0.456 e. The first kappa shape index (κ1) is 31.2. The molecule has 2 heterocycles. The molecule has 3 heteroatoms. The Morgan fingerprint density at radius 3 is 1.84 bits per heavy atom. The summed E-state index contributed by atoms with van der Waals surface area (Å²) in [5.41, 5.74) is 13.3. The van der Waals surface area contributed by atoms with E-state index in [1.807, 2.05) is 18.2 Å². The Bertz CT molecular complexity index is 3220. The van der Waals surface area contributed by atoms with Crippen LogP contribution in [0.5, 0.6) is 0 Å². The van der Waals surface area contributed by atoms with Crippen molar-refractivity contribution >= 4 is 71.7 Å². The van der Waals surface area contributed by atoms with Gasteiger partial charge in [0.05, 0.1) is 11.4 Å². The molecule has 0 radical (unpaired) electrons. The van der Waals surface area contributed by atoms with Gasteiger partial charge < -0.3 is 13.7 Å². The smallest absolute Gasteiger partial charge is 0.143 e. The van der Waals surface area contributed by atoms with Crippen molar-refractivity contribution in [2.24, 2.45) is 0 Å². The molecule has 0 unspecified atom stereocenters. The van der Waals surface area contributed by atoms with Crippen LogP contribution in [0.25, 0.3) is 88.0 Å². The fourth-order valence-electron chi connectivity index (χ4n) is 8.44. The number of para-hydroxylation sites is 4. The second-order valence-electron chi connectivity index (χ2n) is 14.0. The Kier molecular flexibility index (Phi) is 7.17. The summed E-state index contributed by atoms with van der Waals surface area (Å²) in [5, 5.41) is 6.81. The molecule has 0 saturated carbocycles. The number of anilines is 3. The van der Waals surface area contributed by atoms with Crippen LogP contribution in [0, 0.1) is 0 Å². The number of furan rings is 2. The third-order valence-corrected chi connectivity index (χ3v) is 10.9. The average Bonchev–Trinajstić information content (AvgIpc) is 3.83. The lowest BCUT2D eigenvalue weighted by molar-refractivity contribution is 0.669. The van der Waals surface area contributed by atoms with Gasteiger partial charge in [0, 0.05) is 43.9 Å². The zero-order valence-corrected chi connectivity index (χ0v) is 29.8. The van der Waals surface area contributed by atoms with E-state index in [2.05, 4.69) is 187 Å². The number of benzene rings is 9. The van der Waals surface area contributed by atoms with E-state index in [9.17, 15) is 0 Å². The van der Waals surface area contributed by atoms with Gasteiger partial charge in [-0.2, -0.15) is 0 Å². The summed E-state index contributed by atoms with van der Waals surface area (Å²) >= 11 is 0. The van der Waals surface area contributed by atoms with E-state index >= 15 is 0 Å². The molecule has 0 aliphatic rings. The van der Waals surface area contributed by atoms with Gasteiger partial charge in [-0.05, 0) is 69.9 Å². The van der Waals surface area contributed by atoms with Gasteiger partial charge in [0.1, 0.15) is 22.3 Å². The predicted octanol–water partition coefficient (Wildman–Crippen LogP) is 15.1. The quantitative estimate of drug-likeness (QED) is 0.173. The molecule has 0 aliphatic heterocycles. The molecular formula is C52H33NO2. The molecule has 2 aromatic heterocycles. The Morgan fingerprint density at radius 2 is 0.945 bits per heavy atom. The van der Waals surface area contributed by atoms with Crippen molar-refractivity contribution in [1.82, 2.24) is 0 Å². The topological polar surface area (TPSA) is 29.5 Å². The summed E-state index contributed by atoms with van der Waals surface area (Å²) in [4.78, 5) is 2.43. The predicted molar refractivity (Wildman–Crippen MR) is 229 cm³/mol. The first-order valence-corrected chi connectivity index (χ1v) is 18.7. The van der Waals surface area contributed by atoms with Crippen molar-refractivity contribution in [3.63, 3.8) is 0 Å². The van der Waals surface area contributed by atoms with E-state index in [1.54, 1.807) is 0 Å². The van der Waals surface area contributed by atoms with E-state index in [0.29, 0.717) is 0 Å². The summed E-state index contributed by atoms with van der Waals surface area (Å²) in [6, 6.07) is 71.0. The van der Waals surface area contributed by atoms with Crippen molar-refractivity contribution in [3.05, 3.63) is 200 Å². The van der Waals surface area contributed by atoms with Gasteiger partial charge in [-0.15, -0.1) is 0 Å². The van der Waals surface area contributed by atoms with Crippen molar-refractivity contribution < 1.29 is 8.83 Å². The van der Waals surface area contributed by atoms with E-state index in [0.717, 1.165) is 94.3 Å². The number of hydrogen-bond donors (Lipinski definition) is 0. The minimum Gasteiger partial charge on any atom is -0.456 e. The second kappa shape index (κ2) is 12.6. The monoisotopic (exact) mass is 703 g/mol.